The van der Waals surface area contributed by atoms with Gasteiger partial charge in [0.05, 0.1) is 17.8 Å². The molecule has 4 nitrogen and oxygen atoms in total. The average Bonchev–Trinajstić information content (AvgIpc) is 2.53. The third-order valence-electron chi connectivity index (χ3n) is 3.55. The van der Waals surface area contributed by atoms with Crippen LogP contribution in [0.3, 0.4) is 0 Å². The van der Waals surface area contributed by atoms with E-state index in [0.29, 0.717) is 18.9 Å². The van der Waals surface area contributed by atoms with Crippen LogP contribution in [0.2, 0.25) is 0 Å². The van der Waals surface area contributed by atoms with Crippen LogP contribution >= 0.6 is 0 Å². The van der Waals surface area contributed by atoms with Crippen molar-refractivity contribution >= 4 is 5.97 Å². The predicted octanol–water partition coefficient (Wildman–Crippen LogP) is 6.86. The largest absolute Gasteiger partial charge is 0.465 e. The fraction of sp³-hybridized carbons (Fsp3) is 0.955. The van der Waals surface area contributed by atoms with Crippen LogP contribution < -0.4 is 0 Å². The van der Waals surface area contributed by atoms with Crippen LogP contribution in [0.5, 0.6) is 0 Å². The Bertz CT molecular complexity index is 312. The van der Waals surface area contributed by atoms with Crippen molar-refractivity contribution in [3.05, 3.63) is 0 Å². The molecule has 0 heterocycles. The standard InChI is InChI=1S/C14H28O2.C8H18O2/c1-4-7-9-11-14(15)16-12-13(6-3)10-8-5-2;1-7(2,3)9-10-8(4,5)6/h13H,4-12H2,1-3H3;1-6H3. The summed E-state index contributed by atoms with van der Waals surface area (Å²) in [6.45, 7) is 18.9. The Labute approximate surface area is 163 Å². The maximum Gasteiger partial charge on any atom is 0.305 e. The predicted molar refractivity (Wildman–Crippen MR) is 110 cm³/mol. The molecule has 0 aliphatic rings. The molecule has 0 aliphatic carbocycles. The summed E-state index contributed by atoms with van der Waals surface area (Å²) in [5, 5.41) is 0. The summed E-state index contributed by atoms with van der Waals surface area (Å²) in [5.74, 6) is 0.554. The SMILES string of the molecule is CC(C)(C)OOC(C)(C)C.CCCCCC(=O)OCC(CC)CCCC. The van der Waals surface area contributed by atoms with Crippen molar-refractivity contribution in [1.29, 1.82) is 0 Å². The monoisotopic (exact) mass is 374 g/mol. The molecule has 4 heteroatoms. The van der Waals surface area contributed by atoms with Gasteiger partial charge in [-0.2, -0.15) is 0 Å². The van der Waals surface area contributed by atoms with Crippen LogP contribution in [-0.4, -0.2) is 23.8 Å². The summed E-state index contributed by atoms with van der Waals surface area (Å²) in [4.78, 5) is 21.6. The zero-order valence-electron chi connectivity index (χ0n) is 19.1. The molecule has 1 atom stereocenters. The highest BCUT2D eigenvalue weighted by atomic mass is 17.2. The van der Waals surface area contributed by atoms with Crippen LogP contribution in [-0.2, 0) is 19.3 Å². The highest BCUT2D eigenvalue weighted by Gasteiger charge is 2.18. The van der Waals surface area contributed by atoms with Crippen molar-refractivity contribution in [2.24, 2.45) is 5.92 Å². The zero-order chi connectivity index (χ0) is 20.6. The maximum absolute atomic E-state index is 11.4. The number of carbonyl (C=O) groups is 1. The van der Waals surface area contributed by atoms with Crippen LogP contribution in [0, 0.1) is 5.92 Å². The molecule has 0 saturated heterocycles. The minimum absolute atomic E-state index is 0.0107. The molecule has 0 spiro atoms. The van der Waals surface area contributed by atoms with Crippen molar-refractivity contribution in [3.8, 4) is 0 Å². The third kappa shape index (κ3) is 23.4. The van der Waals surface area contributed by atoms with Gasteiger partial charge in [-0.3, -0.25) is 4.79 Å². The molecule has 0 rings (SSSR count). The van der Waals surface area contributed by atoms with E-state index in [4.69, 9.17) is 14.5 Å². The molecule has 0 aromatic heterocycles. The highest BCUT2D eigenvalue weighted by Crippen LogP contribution is 2.15. The first kappa shape index (κ1) is 27.6. The van der Waals surface area contributed by atoms with Gasteiger partial charge in [-0.05, 0) is 60.3 Å². The van der Waals surface area contributed by atoms with E-state index in [-0.39, 0.29) is 17.2 Å². The summed E-state index contributed by atoms with van der Waals surface area (Å²) >= 11 is 0. The quantitative estimate of drug-likeness (QED) is 0.171. The molecule has 0 aromatic rings. The van der Waals surface area contributed by atoms with E-state index in [1.807, 2.05) is 41.5 Å². The number of rotatable bonds is 11. The van der Waals surface area contributed by atoms with E-state index in [1.165, 1.54) is 19.3 Å². The van der Waals surface area contributed by atoms with Crippen molar-refractivity contribution in [2.75, 3.05) is 6.61 Å². The Kier molecular flexibility index (Phi) is 16.4. The Morgan fingerprint density at radius 3 is 1.69 bits per heavy atom. The normalized spacial score (nSPS) is 13.0. The van der Waals surface area contributed by atoms with Gasteiger partial charge in [0.25, 0.3) is 0 Å². The van der Waals surface area contributed by atoms with Crippen molar-refractivity contribution < 1.29 is 19.3 Å². The first-order chi connectivity index (χ1) is 11.9. The van der Waals surface area contributed by atoms with Crippen LogP contribution in [0.15, 0.2) is 0 Å². The Balaban J connectivity index is 0. The van der Waals surface area contributed by atoms with E-state index >= 15 is 0 Å². The smallest absolute Gasteiger partial charge is 0.305 e. The molecule has 0 saturated carbocycles. The highest BCUT2D eigenvalue weighted by molar-refractivity contribution is 5.69. The lowest BCUT2D eigenvalue weighted by Gasteiger charge is -2.24. The second kappa shape index (κ2) is 15.4. The van der Waals surface area contributed by atoms with Gasteiger partial charge in [0.2, 0.25) is 0 Å². The lowest BCUT2D eigenvalue weighted by Crippen LogP contribution is -2.27. The second-order valence-corrected chi connectivity index (χ2v) is 8.95. The van der Waals surface area contributed by atoms with Crippen molar-refractivity contribution in [2.45, 2.75) is 125 Å². The van der Waals surface area contributed by atoms with Gasteiger partial charge in [0, 0.05) is 6.42 Å². The maximum atomic E-state index is 11.4. The lowest BCUT2D eigenvalue weighted by atomic mass is 10.0. The molecule has 26 heavy (non-hydrogen) atoms. The number of esters is 1. The van der Waals surface area contributed by atoms with E-state index in [0.717, 1.165) is 25.7 Å². The second-order valence-electron chi connectivity index (χ2n) is 8.95. The average molecular weight is 375 g/mol. The summed E-state index contributed by atoms with van der Waals surface area (Å²) in [6, 6.07) is 0. The summed E-state index contributed by atoms with van der Waals surface area (Å²) in [5.41, 5.74) is -0.430. The van der Waals surface area contributed by atoms with Crippen molar-refractivity contribution in [1.82, 2.24) is 0 Å². The van der Waals surface area contributed by atoms with Gasteiger partial charge in [-0.15, -0.1) is 0 Å². The molecule has 0 N–H and O–H groups in total. The first-order valence-electron chi connectivity index (χ1n) is 10.5. The minimum Gasteiger partial charge on any atom is -0.465 e. The molecule has 0 radical (unpaired) electrons. The van der Waals surface area contributed by atoms with E-state index < -0.39 is 0 Å². The topological polar surface area (TPSA) is 44.8 Å². The van der Waals surface area contributed by atoms with Gasteiger partial charge in [0.15, 0.2) is 0 Å². The molecular formula is C22H46O4. The number of hydrogen-bond acceptors (Lipinski definition) is 4. The fourth-order valence-corrected chi connectivity index (χ4v) is 1.95. The van der Waals surface area contributed by atoms with E-state index in [1.54, 1.807) is 0 Å². The Morgan fingerprint density at radius 1 is 0.808 bits per heavy atom. The van der Waals surface area contributed by atoms with Gasteiger partial charge >= 0.3 is 5.97 Å². The van der Waals surface area contributed by atoms with E-state index in [9.17, 15) is 4.79 Å². The number of unbranched alkanes of at least 4 members (excludes halogenated alkanes) is 3. The summed E-state index contributed by atoms with van der Waals surface area (Å²) < 4.78 is 5.30. The zero-order valence-corrected chi connectivity index (χ0v) is 19.1. The molecule has 0 fully saturated rings. The third-order valence-corrected chi connectivity index (χ3v) is 3.55. The van der Waals surface area contributed by atoms with Gasteiger partial charge < -0.3 is 4.74 Å². The molecule has 158 valence electrons. The molecule has 0 aliphatic heterocycles. The van der Waals surface area contributed by atoms with Crippen LogP contribution in [0.4, 0.5) is 0 Å². The number of hydrogen-bond donors (Lipinski definition) is 0. The molecule has 0 aromatic carbocycles. The lowest BCUT2D eigenvalue weighted by molar-refractivity contribution is -0.393. The Morgan fingerprint density at radius 2 is 1.31 bits per heavy atom. The molecule has 1 unspecified atom stereocenters. The summed E-state index contributed by atoms with van der Waals surface area (Å²) in [6.07, 6.45) is 8.62. The van der Waals surface area contributed by atoms with Gasteiger partial charge in [0.1, 0.15) is 0 Å². The van der Waals surface area contributed by atoms with E-state index in [2.05, 4.69) is 20.8 Å². The molecule has 0 bridgehead atoms. The first-order valence-corrected chi connectivity index (χ1v) is 10.5. The van der Waals surface area contributed by atoms with Crippen LogP contribution in [0.1, 0.15) is 114 Å². The van der Waals surface area contributed by atoms with Crippen molar-refractivity contribution in [3.63, 3.8) is 0 Å². The number of carbonyl (C=O) groups excluding carboxylic acids is 1. The Hall–Kier alpha value is -0.610. The molecule has 0 amide bonds. The van der Waals surface area contributed by atoms with Gasteiger partial charge in [-0.25, -0.2) is 9.78 Å². The minimum atomic E-state index is -0.215. The summed E-state index contributed by atoms with van der Waals surface area (Å²) in [7, 11) is 0. The fourth-order valence-electron chi connectivity index (χ4n) is 1.95. The molecular weight excluding hydrogens is 328 g/mol. The number of ether oxygens (including phenoxy) is 1. The van der Waals surface area contributed by atoms with Crippen LogP contribution in [0.25, 0.3) is 0 Å². The van der Waals surface area contributed by atoms with Gasteiger partial charge in [-0.1, -0.05) is 52.9 Å².